The van der Waals surface area contributed by atoms with Crippen LogP contribution >= 0.6 is 0 Å². The van der Waals surface area contributed by atoms with Gasteiger partial charge >= 0.3 is 5.97 Å². The minimum Gasteiger partial charge on any atom is -0.436 e. The van der Waals surface area contributed by atoms with E-state index in [9.17, 15) is 4.79 Å². The Balaban J connectivity index is 2.14. The number of carbonyl (C=O) groups excluding carboxylic acids is 1. The van der Waals surface area contributed by atoms with Gasteiger partial charge in [-0.2, -0.15) is 0 Å². The number of ether oxygens (including phenoxy) is 3. The molecule has 4 heteroatoms. The van der Waals surface area contributed by atoms with Crippen molar-refractivity contribution in [1.29, 1.82) is 0 Å². The van der Waals surface area contributed by atoms with Crippen LogP contribution in [0.3, 0.4) is 0 Å². The molecule has 0 saturated carbocycles. The predicted molar refractivity (Wildman–Crippen MR) is 59.8 cm³/mol. The van der Waals surface area contributed by atoms with Gasteiger partial charge in [0, 0.05) is 13.3 Å². The van der Waals surface area contributed by atoms with Crippen LogP contribution in [0.1, 0.15) is 52.4 Å². The van der Waals surface area contributed by atoms with E-state index in [4.69, 9.17) is 14.2 Å². The monoisotopic (exact) mass is 230 g/mol. The van der Waals surface area contributed by atoms with E-state index in [0.29, 0.717) is 6.42 Å². The second-order valence-electron chi connectivity index (χ2n) is 4.20. The van der Waals surface area contributed by atoms with Crippen LogP contribution in [0.5, 0.6) is 0 Å². The highest BCUT2D eigenvalue weighted by atomic mass is 16.8. The van der Waals surface area contributed by atoms with Crippen molar-refractivity contribution in [1.82, 2.24) is 0 Å². The first-order valence-electron chi connectivity index (χ1n) is 6.12. The highest BCUT2D eigenvalue weighted by Crippen LogP contribution is 2.19. The highest BCUT2D eigenvalue weighted by Gasteiger charge is 2.24. The van der Waals surface area contributed by atoms with Crippen LogP contribution in [0.25, 0.3) is 0 Å². The molecule has 1 saturated heterocycles. The van der Waals surface area contributed by atoms with Gasteiger partial charge < -0.3 is 14.2 Å². The molecule has 0 radical (unpaired) electrons. The third-order valence-electron chi connectivity index (χ3n) is 2.69. The molecule has 1 rings (SSSR count). The molecule has 1 heterocycles. The zero-order chi connectivity index (χ0) is 11.8. The van der Waals surface area contributed by atoms with Gasteiger partial charge in [-0.1, -0.05) is 32.6 Å². The maximum atomic E-state index is 10.8. The van der Waals surface area contributed by atoms with E-state index < -0.39 is 6.29 Å². The van der Waals surface area contributed by atoms with E-state index >= 15 is 0 Å². The van der Waals surface area contributed by atoms with E-state index in [-0.39, 0.29) is 18.9 Å². The summed E-state index contributed by atoms with van der Waals surface area (Å²) in [5.41, 5.74) is 0. The molecule has 0 aliphatic carbocycles. The number of hydrogen-bond donors (Lipinski definition) is 0. The second-order valence-corrected chi connectivity index (χ2v) is 4.20. The average molecular weight is 230 g/mol. The van der Waals surface area contributed by atoms with Crippen LogP contribution < -0.4 is 0 Å². The zero-order valence-electron chi connectivity index (χ0n) is 10.2. The van der Waals surface area contributed by atoms with Crippen molar-refractivity contribution in [3.05, 3.63) is 0 Å². The van der Waals surface area contributed by atoms with Gasteiger partial charge in [0.15, 0.2) is 6.79 Å². The lowest BCUT2D eigenvalue weighted by Gasteiger charge is -2.29. The molecular formula is C12H22O4. The largest absolute Gasteiger partial charge is 0.436 e. The zero-order valence-corrected chi connectivity index (χ0v) is 10.2. The lowest BCUT2D eigenvalue weighted by molar-refractivity contribution is -0.251. The maximum absolute atomic E-state index is 10.8. The molecule has 0 N–H and O–H groups in total. The van der Waals surface area contributed by atoms with Crippen LogP contribution in [-0.4, -0.2) is 25.2 Å². The second kappa shape index (κ2) is 7.63. The fourth-order valence-electron chi connectivity index (χ4n) is 1.83. The van der Waals surface area contributed by atoms with Crippen molar-refractivity contribution in [3.8, 4) is 0 Å². The molecule has 1 aliphatic rings. The summed E-state index contributed by atoms with van der Waals surface area (Å²) in [5, 5.41) is 0. The SMILES string of the molecule is CCCCCC[C@@H]1C[C@H](OC(C)=O)OCO1. The van der Waals surface area contributed by atoms with Gasteiger partial charge in [0.25, 0.3) is 0 Å². The molecule has 1 fully saturated rings. The molecule has 0 aromatic carbocycles. The van der Waals surface area contributed by atoms with Crippen molar-refractivity contribution < 1.29 is 19.0 Å². The summed E-state index contributed by atoms with van der Waals surface area (Å²) < 4.78 is 15.6. The van der Waals surface area contributed by atoms with E-state index in [2.05, 4.69) is 6.92 Å². The van der Waals surface area contributed by atoms with Crippen molar-refractivity contribution >= 4 is 5.97 Å². The third-order valence-corrected chi connectivity index (χ3v) is 2.69. The first-order chi connectivity index (χ1) is 7.72. The topological polar surface area (TPSA) is 44.8 Å². The summed E-state index contributed by atoms with van der Waals surface area (Å²) in [6.45, 7) is 3.83. The summed E-state index contributed by atoms with van der Waals surface area (Å²) in [4.78, 5) is 10.8. The minimum absolute atomic E-state index is 0.176. The van der Waals surface area contributed by atoms with Crippen LogP contribution in [0.4, 0.5) is 0 Å². The summed E-state index contributed by atoms with van der Waals surface area (Å²) in [5.74, 6) is -0.295. The quantitative estimate of drug-likeness (QED) is 0.519. The van der Waals surface area contributed by atoms with Gasteiger partial charge in [0.2, 0.25) is 6.29 Å². The van der Waals surface area contributed by atoms with Gasteiger partial charge in [-0.15, -0.1) is 0 Å². The standard InChI is InChI=1S/C12H22O4/c1-3-4-5-6-7-11-8-12(15-9-14-11)16-10(2)13/h11-12H,3-9H2,1-2H3/t11-,12+/m1/s1. The van der Waals surface area contributed by atoms with Gasteiger partial charge in [0.1, 0.15) is 0 Å². The first-order valence-corrected chi connectivity index (χ1v) is 6.12. The lowest BCUT2D eigenvalue weighted by atomic mass is 10.1. The molecule has 1 aliphatic heterocycles. The average Bonchev–Trinajstić information content (AvgIpc) is 2.24. The van der Waals surface area contributed by atoms with Crippen LogP contribution in [-0.2, 0) is 19.0 Å². The van der Waals surface area contributed by atoms with E-state index in [1.807, 2.05) is 0 Å². The Morgan fingerprint density at radius 1 is 1.31 bits per heavy atom. The lowest BCUT2D eigenvalue weighted by Crippen LogP contribution is -2.34. The van der Waals surface area contributed by atoms with Crippen molar-refractivity contribution in [3.63, 3.8) is 0 Å². The minimum atomic E-state index is -0.414. The summed E-state index contributed by atoms with van der Waals surface area (Å²) in [7, 11) is 0. The molecular weight excluding hydrogens is 208 g/mol. The van der Waals surface area contributed by atoms with Crippen molar-refractivity contribution in [2.75, 3.05) is 6.79 Å². The molecule has 0 aromatic rings. The third kappa shape index (κ3) is 5.47. The van der Waals surface area contributed by atoms with E-state index in [0.717, 1.165) is 6.42 Å². The Kier molecular flexibility index (Phi) is 6.42. The Morgan fingerprint density at radius 3 is 2.81 bits per heavy atom. The summed E-state index contributed by atoms with van der Waals surface area (Å²) >= 11 is 0. The van der Waals surface area contributed by atoms with Gasteiger partial charge in [-0.25, -0.2) is 0 Å². The van der Waals surface area contributed by atoms with Gasteiger partial charge in [-0.3, -0.25) is 4.79 Å². The molecule has 0 aromatic heterocycles. The van der Waals surface area contributed by atoms with Crippen LogP contribution in [0.15, 0.2) is 0 Å². The number of hydrogen-bond acceptors (Lipinski definition) is 4. The van der Waals surface area contributed by atoms with Gasteiger partial charge in [0.05, 0.1) is 6.10 Å². The number of unbranched alkanes of at least 4 members (excludes halogenated alkanes) is 3. The van der Waals surface area contributed by atoms with Gasteiger partial charge in [-0.05, 0) is 6.42 Å². The maximum Gasteiger partial charge on any atom is 0.304 e. The molecule has 2 atom stereocenters. The normalized spacial score (nSPS) is 25.4. The molecule has 0 spiro atoms. The Labute approximate surface area is 97.2 Å². The number of carbonyl (C=O) groups is 1. The van der Waals surface area contributed by atoms with Crippen LogP contribution in [0, 0.1) is 0 Å². The number of rotatable bonds is 6. The molecule has 0 bridgehead atoms. The molecule has 16 heavy (non-hydrogen) atoms. The summed E-state index contributed by atoms with van der Waals surface area (Å²) in [6.07, 6.45) is 6.38. The molecule has 94 valence electrons. The first kappa shape index (κ1) is 13.5. The molecule has 0 amide bonds. The van der Waals surface area contributed by atoms with E-state index in [1.54, 1.807) is 0 Å². The fourth-order valence-corrected chi connectivity index (χ4v) is 1.83. The Hall–Kier alpha value is -0.610. The Morgan fingerprint density at radius 2 is 2.12 bits per heavy atom. The van der Waals surface area contributed by atoms with Crippen molar-refractivity contribution in [2.45, 2.75) is 64.8 Å². The molecule has 0 unspecified atom stereocenters. The smallest absolute Gasteiger partial charge is 0.304 e. The fraction of sp³-hybridized carbons (Fsp3) is 0.917. The number of esters is 1. The summed E-state index contributed by atoms with van der Waals surface area (Å²) in [6, 6.07) is 0. The predicted octanol–water partition coefficient (Wildman–Crippen LogP) is 2.61. The highest BCUT2D eigenvalue weighted by molar-refractivity contribution is 5.66. The Bertz CT molecular complexity index is 205. The van der Waals surface area contributed by atoms with E-state index in [1.165, 1.54) is 32.6 Å². The van der Waals surface area contributed by atoms with Crippen molar-refractivity contribution in [2.24, 2.45) is 0 Å². The van der Waals surface area contributed by atoms with Crippen LogP contribution in [0.2, 0.25) is 0 Å². The molecule has 4 nitrogen and oxygen atoms in total.